The van der Waals surface area contributed by atoms with Crippen LogP contribution in [0.1, 0.15) is 62.5 Å². The SMILES string of the molecule is Cc1ccc2nc(O[C@@H]3C[C@H]4C(=O)C[C@]5(C(=O)O)C[C@H]5/C=C\CCCCC[C@H](Cc5cccc(F)c5)C(=O)N4C3)sc2c1. The number of hydrogen-bond donors (Lipinski definition) is 1. The molecule has 2 aromatic carbocycles. The number of fused-ring (bicyclic) bond motifs is 3. The van der Waals surface area contributed by atoms with Crippen molar-refractivity contribution in [2.45, 2.75) is 76.9 Å². The molecule has 0 radical (unpaired) electrons. The van der Waals surface area contributed by atoms with Crippen molar-refractivity contribution < 1.29 is 28.6 Å². The van der Waals surface area contributed by atoms with Gasteiger partial charge in [0.05, 0.1) is 28.2 Å². The van der Waals surface area contributed by atoms with Crippen molar-refractivity contribution in [3.05, 3.63) is 71.6 Å². The summed E-state index contributed by atoms with van der Waals surface area (Å²) in [5.41, 5.74) is 1.57. The van der Waals surface area contributed by atoms with Crippen LogP contribution in [0.3, 0.4) is 0 Å². The molecule has 0 spiro atoms. The van der Waals surface area contributed by atoms with Crippen molar-refractivity contribution in [1.29, 1.82) is 0 Å². The first-order valence-corrected chi connectivity index (χ1v) is 16.0. The van der Waals surface area contributed by atoms with E-state index in [1.807, 2.05) is 43.3 Å². The number of nitrogens with zero attached hydrogens (tertiary/aromatic N) is 2. The number of ketones is 1. The fourth-order valence-electron chi connectivity index (χ4n) is 6.76. The molecular weight excluding hydrogens is 567 g/mol. The summed E-state index contributed by atoms with van der Waals surface area (Å²) in [6.45, 7) is 2.23. The molecule has 9 heteroatoms. The van der Waals surface area contributed by atoms with Crippen LogP contribution in [0.5, 0.6) is 5.19 Å². The van der Waals surface area contributed by atoms with E-state index in [9.17, 15) is 23.9 Å². The highest BCUT2D eigenvalue weighted by Gasteiger charge is 2.61. The molecule has 0 unspecified atom stereocenters. The highest BCUT2D eigenvalue weighted by atomic mass is 32.1. The normalized spacial score (nSPS) is 28.9. The zero-order chi connectivity index (χ0) is 30.1. The van der Waals surface area contributed by atoms with Gasteiger partial charge in [0.2, 0.25) is 5.91 Å². The van der Waals surface area contributed by atoms with Crippen molar-refractivity contribution in [3.8, 4) is 5.19 Å². The number of rotatable bonds is 5. The summed E-state index contributed by atoms with van der Waals surface area (Å²) in [6, 6.07) is 11.5. The zero-order valence-corrected chi connectivity index (χ0v) is 25.2. The number of allylic oxidation sites excluding steroid dienone is 2. The van der Waals surface area contributed by atoms with Gasteiger partial charge in [-0.25, -0.2) is 9.37 Å². The van der Waals surface area contributed by atoms with Gasteiger partial charge in [-0.05, 0) is 80.3 Å². The van der Waals surface area contributed by atoms with E-state index in [-0.39, 0.29) is 42.8 Å². The maximum Gasteiger partial charge on any atom is 0.310 e. The van der Waals surface area contributed by atoms with Gasteiger partial charge < -0.3 is 14.7 Å². The number of carbonyl (C=O) groups excluding carboxylic acids is 2. The number of carboxylic acid groups (broad SMARTS) is 1. The molecule has 7 nitrogen and oxygen atoms in total. The number of halogens is 1. The average molecular weight is 605 g/mol. The minimum atomic E-state index is -1.12. The summed E-state index contributed by atoms with van der Waals surface area (Å²) < 4.78 is 21.4. The summed E-state index contributed by atoms with van der Waals surface area (Å²) in [5.74, 6) is -2.30. The molecule has 1 aromatic heterocycles. The predicted molar refractivity (Wildman–Crippen MR) is 163 cm³/mol. The highest BCUT2D eigenvalue weighted by molar-refractivity contribution is 7.20. The molecule has 43 heavy (non-hydrogen) atoms. The predicted octanol–water partition coefficient (Wildman–Crippen LogP) is 6.52. The third kappa shape index (κ3) is 6.37. The average Bonchev–Trinajstić information content (AvgIpc) is 3.29. The Hall–Kier alpha value is -3.59. The second kappa shape index (κ2) is 12.2. The molecule has 2 aliphatic heterocycles. The van der Waals surface area contributed by atoms with E-state index in [0.29, 0.717) is 24.5 Å². The van der Waals surface area contributed by atoms with Gasteiger partial charge in [0.15, 0.2) is 5.78 Å². The summed E-state index contributed by atoms with van der Waals surface area (Å²) in [5, 5.41) is 10.6. The minimum absolute atomic E-state index is 0.118. The number of ether oxygens (including phenoxy) is 1. The first-order chi connectivity index (χ1) is 20.7. The van der Waals surface area contributed by atoms with E-state index in [4.69, 9.17) is 4.74 Å². The first kappa shape index (κ1) is 29.5. The number of amides is 1. The molecule has 1 saturated heterocycles. The molecule has 1 aliphatic carbocycles. The molecule has 3 aliphatic rings. The van der Waals surface area contributed by atoms with Gasteiger partial charge >= 0.3 is 5.97 Å². The van der Waals surface area contributed by atoms with Gasteiger partial charge in [-0.15, -0.1) is 0 Å². The van der Waals surface area contributed by atoms with Crippen molar-refractivity contribution in [1.82, 2.24) is 9.88 Å². The third-order valence-electron chi connectivity index (χ3n) is 9.27. The van der Waals surface area contributed by atoms with E-state index >= 15 is 0 Å². The zero-order valence-electron chi connectivity index (χ0n) is 24.3. The topological polar surface area (TPSA) is 96.8 Å². The van der Waals surface area contributed by atoms with Crippen LogP contribution in [0.25, 0.3) is 10.2 Å². The third-order valence-corrected chi connectivity index (χ3v) is 10.2. The Morgan fingerprint density at radius 3 is 2.86 bits per heavy atom. The highest BCUT2D eigenvalue weighted by Crippen LogP contribution is 2.57. The van der Waals surface area contributed by atoms with E-state index in [1.165, 1.54) is 23.5 Å². The van der Waals surface area contributed by atoms with Gasteiger partial charge in [0.1, 0.15) is 11.9 Å². The Morgan fingerprint density at radius 2 is 2.05 bits per heavy atom. The van der Waals surface area contributed by atoms with Gasteiger partial charge in [-0.2, -0.15) is 0 Å². The smallest absolute Gasteiger partial charge is 0.310 e. The molecule has 226 valence electrons. The van der Waals surface area contributed by atoms with E-state index in [1.54, 1.807) is 11.0 Å². The van der Waals surface area contributed by atoms with Gasteiger partial charge in [-0.1, -0.05) is 54.5 Å². The number of thiazole rings is 1. The molecule has 3 heterocycles. The lowest BCUT2D eigenvalue weighted by molar-refractivity contribution is -0.147. The Morgan fingerprint density at radius 1 is 1.19 bits per heavy atom. The number of aryl methyl sites for hydroxylation is 1. The fourth-order valence-corrected chi connectivity index (χ4v) is 7.74. The second-order valence-corrected chi connectivity index (χ2v) is 13.4. The number of aromatic nitrogens is 1. The van der Waals surface area contributed by atoms with Crippen LogP contribution in [0.2, 0.25) is 0 Å². The van der Waals surface area contributed by atoms with Gasteiger partial charge in [0, 0.05) is 18.8 Å². The number of Topliss-reactive ketones (excluding diaryl/α,β-unsaturated/α-hetero) is 1. The molecule has 1 amide bonds. The summed E-state index contributed by atoms with van der Waals surface area (Å²) in [4.78, 5) is 46.8. The van der Waals surface area contributed by atoms with Crippen LogP contribution in [-0.4, -0.2) is 51.3 Å². The number of carboxylic acids is 1. The lowest BCUT2D eigenvalue weighted by Crippen LogP contribution is -2.45. The molecule has 1 saturated carbocycles. The van der Waals surface area contributed by atoms with Crippen LogP contribution in [0.15, 0.2) is 54.6 Å². The monoisotopic (exact) mass is 604 g/mol. The van der Waals surface area contributed by atoms with Crippen molar-refractivity contribution in [2.24, 2.45) is 17.3 Å². The fraction of sp³-hybridized carbons (Fsp3) is 0.471. The number of hydrogen-bond acceptors (Lipinski definition) is 6. The maximum atomic E-state index is 14.3. The number of aliphatic carboxylic acids is 1. The lowest BCUT2D eigenvalue weighted by atomic mass is 9.90. The van der Waals surface area contributed by atoms with Crippen molar-refractivity contribution in [3.63, 3.8) is 0 Å². The Labute approximate surface area is 254 Å². The first-order valence-electron chi connectivity index (χ1n) is 15.2. The van der Waals surface area contributed by atoms with E-state index in [0.717, 1.165) is 47.0 Å². The van der Waals surface area contributed by atoms with E-state index in [2.05, 4.69) is 4.98 Å². The number of benzene rings is 2. The maximum absolute atomic E-state index is 14.3. The Balaban J connectivity index is 1.29. The van der Waals surface area contributed by atoms with Crippen LogP contribution < -0.4 is 4.74 Å². The molecule has 6 rings (SSSR count). The standard InChI is InChI=1S/C34H37FN2O5S/c1-21-12-13-27-30(14-21)43-33(36-27)42-26-17-28-29(38)19-34(32(40)41)18-24(34)10-6-4-2-3-5-9-23(31(39)37(28)20-26)15-22-8-7-11-25(35)16-22/h6-8,10-14,16,23-24,26,28H,2-5,9,15,17-20H2,1H3,(H,40,41)/b10-6-/t23-,24-,26-,28+,34-/m1/s1. The molecular formula is C34H37FN2O5S. The molecule has 3 aromatic rings. The molecule has 2 fully saturated rings. The Bertz CT molecular complexity index is 1570. The summed E-state index contributed by atoms with van der Waals surface area (Å²) >= 11 is 1.43. The Kier molecular flexibility index (Phi) is 8.36. The number of carbonyl (C=O) groups is 3. The van der Waals surface area contributed by atoms with Crippen LogP contribution in [0.4, 0.5) is 4.39 Å². The van der Waals surface area contributed by atoms with Crippen molar-refractivity contribution >= 4 is 39.2 Å². The lowest BCUT2D eigenvalue weighted by Gasteiger charge is -2.29. The molecule has 5 atom stereocenters. The van der Waals surface area contributed by atoms with E-state index < -0.39 is 29.4 Å². The van der Waals surface area contributed by atoms with Crippen LogP contribution in [-0.2, 0) is 20.8 Å². The summed E-state index contributed by atoms with van der Waals surface area (Å²) in [7, 11) is 0. The van der Waals surface area contributed by atoms with Crippen molar-refractivity contribution in [2.75, 3.05) is 6.54 Å². The minimum Gasteiger partial charge on any atom is -0.481 e. The van der Waals surface area contributed by atoms with Gasteiger partial charge in [-0.3, -0.25) is 14.4 Å². The molecule has 0 bridgehead atoms. The van der Waals surface area contributed by atoms with Crippen LogP contribution in [0, 0.1) is 30.0 Å². The summed E-state index contributed by atoms with van der Waals surface area (Å²) in [6.07, 6.45) is 8.68. The second-order valence-electron chi connectivity index (χ2n) is 12.4. The quantitative estimate of drug-likeness (QED) is 0.333. The molecule has 1 N–H and O–H groups in total. The van der Waals surface area contributed by atoms with Crippen LogP contribution >= 0.6 is 11.3 Å². The van der Waals surface area contributed by atoms with Gasteiger partial charge in [0.25, 0.3) is 5.19 Å². The largest absolute Gasteiger partial charge is 0.481 e.